The van der Waals surface area contributed by atoms with Gasteiger partial charge in [0.05, 0.1) is 5.56 Å². The van der Waals surface area contributed by atoms with Gasteiger partial charge in [0.25, 0.3) is 10.0 Å². The van der Waals surface area contributed by atoms with Gasteiger partial charge in [-0.3, -0.25) is 0 Å². The molecule has 1 saturated heterocycles. The lowest BCUT2D eigenvalue weighted by Gasteiger charge is -2.33. The topological polar surface area (TPSA) is 74.7 Å². The smallest absolute Gasteiger partial charge is 0.336 e. The van der Waals surface area contributed by atoms with Crippen molar-refractivity contribution in [2.45, 2.75) is 42.9 Å². The standard InChI is InChI=1S/C12H17NO4S2/c1-2-10-5-3-4-6-13(10)19(16,17)11-7-9(8-18-11)12(14)15/h7-8,10H,2-6H2,1H3,(H,14,15). The zero-order valence-electron chi connectivity index (χ0n) is 10.7. The lowest BCUT2D eigenvalue weighted by Crippen LogP contribution is -2.42. The first-order valence-corrected chi connectivity index (χ1v) is 8.62. The summed E-state index contributed by atoms with van der Waals surface area (Å²) >= 11 is 0.981. The number of piperidine rings is 1. The first-order valence-electron chi connectivity index (χ1n) is 6.30. The van der Waals surface area contributed by atoms with Crippen LogP contribution in [0.4, 0.5) is 0 Å². The Balaban J connectivity index is 2.32. The number of carboxylic acids is 1. The fourth-order valence-corrected chi connectivity index (χ4v) is 5.43. The zero-order chi connectivity index (χ0) is 14.0. The fourth-order valence-electron chi connectivity index (χ4n) is 2.38. The van der Waals surface area contributed by atoms with Gasteiger partial charge < -0.3 is 5.11 Å². The number of thiophene rings is 1. The van der Waals surface area contributed by atoms with Gasteiger partial charge in [0.1, 0.15) is 4.21 Å². The van der Waals surface area contributed by atoms with E-state index in [9.17, 15) is 13.2 Å². The van der Waals surface area contributed by atoms with Gasteiger partial charge in [0.15, 0.2) is 0 Å². The second-order valence-corrected chi connectivity index (χ2v) is 7.66. The average molecular weight is 303 g/mol. The quantitative estimate of drug-likeness (QED) is 0.927. The van der Waals surface area contributed by atoms with Crippen molar-refractivity contribution in [2.75, 3.05) is 6.54 Å². The number of carboxylic acid groups (broad SMARTS) is 1. The molecular weight excluding hydrogens is 286 g/mol. The van der Waals surface area contributed by atoms with Crippen LogP contribution in [0.1, 0.15) is 43.0 Å². The highest BCUT2D eigenvalue weighted by atomic mass is 32.2. The van der Waals surface area contributed by atoms with E-state index in [1.54, 1.807) is 0 Å². The Labute approximate surface area is 116 Å². The Bertz CT molecular complexity index is 564. The van der Waals surface area contributed by atoms with E-state index in [2.05, 4.69) is 0 Å². The normalized spacial score (nSPS) is 21.4. The van der Waals surface area contributed by atoms with E-state index in [1.807, 2.05) is 6.92 Å². The molecule has 1 unspecified atom stereocenters. The minimum atomic E-state index is -3.55. The van der Waals surface area contributed by atoms with Crippen molar-refractivity contribution >= 4 is 27.3 Å². The summed E-state index contributed by atoms with van der Waals surface area (Å²) in [6.07, 6.45) is 3.59. The van der Waals surface area contributed by atoms with Crippen molar-refractivity contribution in [2.24, 2.45) is 0 Å². The maximum atomic E-state index is 12.5. The molecule has 0 spiro atoms. The summed E-state index contributed by atoms with van der Waals surface area (Å²) in [5.74, 6) is -1.09. The molecule has 1 fully saturated rings. The highest BCUT2D eigenvalue weighted by molar-refractivity contribution is 7.91. The largest absolute Gasteiger partial charge is 0.478 e. The van der Waals surface area contributed by atoms with E-state index >= 15 is 0 Å². The Hall–Kier alpha value is -0.920. The minimum Gasteiger partial charge on any atom is -0.478 e. The van der Waals surface area contributed by atoms with Gasteiger partial charge in [-0.2, -0.15) is 4.31 Å². The number of rotatable bonds is 4. The maximum Gasteiger partial charge on any atom is 0.336 e. The SMILES string of the molecule is CCC1CCCCN1S(=O)(=O)c1cc(C(=O)O)cs1. The van der Waals surface area contributed by atoms with Crippen molar-refractivity contribution in [3.05, 3.63) is 17.0 Å². The molecule has 1 aliphatic heterocycles. The van der Waals surface area contributed by atoms with E-state index < -0.39 is 16.0 Å². The molecular formula is C12H17NO4S2. The average Bonchev–Trinajstić information content (AvgIpc) is 2.89. The number of aromatic carboxylic acids is 1. The molecule has 0 bridgehead atoms. The molecule has 5 nitrogen and oxygen atoms in total. The maximum absolute atomic E-state index is 12.5. The van der Waals surface area contributed by atoms with Gasteiger partial charge in [0, 0.05) is 18.0 Å². The molecule has 1 atom stereocenters. The predicted octanol–water partition coefficient (Wildman–Crippen LogP) is 2.40. The van der Waals surface area contributed by atoms with Crippen LogP contribution in [0.5, 0.6) is 0 Å². The van der Waals surface area contributed by atoms with E-state index in [1.165, 1.54) is 15.8 Å². The van der Waals surface area contributed by atoms with E-state index in [-0.39, 0.29) is 15.8 Å². The van der Waals surface area contributed by atoms with Gasteiger partial charge in [-0.05, 0) is 25.3 Å². The van der Waals surface area contributed by atoms with Crippen LogP contribution < -0.4 is 0 Å². The third-order valence-electron chi connectivity index (χ3n) is 3.43. The Morgan fingerprint density at radius 1 is 1.53 bits per heavy atom. The van der Waals surface area contributed by atoms with Crippen LogP contribution in [-0.4, -0.2) is 36.4 Å². The molecule has 7 heteroatoms. The molecule has 0 radical (unpaired) electrons. The second-order valence-electron chi connectivity index (χ2n) is 4.63. The molecule has 0 saturated carbocycles. The number of hydrogen-bond acceptors (Lipinski definition) is 4. The van der Waals surface area contributed by atoms with Crippen LogP contribution >= 0.6 is 11.3 Å². The molecule has 2 heterocycles. The summed E-state index contributed by atoms with van der Waals surface area (Å²) in [5, 5.41) is 10.2. The highest BCUT2D eigenvalue weighted by Gasteiger charge is 2.33. The minimum absolute atomic E-state index is 0.0358. The fraction of sp³-hybridized carbons (Fsp3) is 0.583. The van der Waals surface area contributed by atoms with Gasteiger partial charge in [-0.1, -0.05) is 13.3 Å². The summed E-state index contributed by atoms with van der Waals surface area (Å²) in [7, 11) is -3.55. The van der Waals surface area contributed by atoms with Crippen molar-refractivity contribution in [1.82, 2.24) is 4.31 Å². The van der Waals surface area contributed by atoms with Gasteiger partial charge >= 0.3 is 5.97 Å². The number of nitrogens with zero attached hydrogens (tertiary/aromatic N) is 1. The first-order chi connectivity index (χ1) is 8.96. The predicted molar refractivity (Wildman–Crippen MR) is 73.1 cm³/mol. The van der Waals surface area contributed by atoms with E-state index in [4.69, 9.17) is 5.11 Å². The summed E-state index contributed by atoms with van der Waals surface area (Å²) in [6.45, 7) is 2.51. The number of carbonyl (C=O) groups is 1. The number of hydrogen-bond donors (Lipinski definition) is 1. The molecule has 1 aromatic heterocycles. The summed E-state index contributed by atoms with van der Waals surface area (Å²) < 4.78 is 26.7. The molecule has 0 amide bonds. The molecule has 0 aliphatic carbocycles. The van der Waals surface area contributed by atoms with Crippen molar-refractivity contribution in [1.29, 1.82) is 0 Å². The van der Waals surface area contributed by atoms with Crippen LogP contribution in [0.25, 0.3) is 0 Å². The van der Waals surface area contributed by atoms with Gasteiger partial charge in [-0.25, -0.2) is 13.2 Å². The second kappa shape index (κ2) is 5.60. The molecule has 0 aromatic carbocycles. The lowest BCUT2D eigenvalue weighted by molar-refractivity contribution is 0.0697. The summed E-state index contributed by atoms with van der Waals surface area (Å²) in [6, 6.07) is 1.29. The molecule has 19 heavy (non-hydrogen) atoms. The first kappa shape index (κ1) is 14.5. The van der Waals surface area contributed by atoms with Crippen LogP contribution in [0, 0.1) is 0 Å². The van der Waals surface area contributed by atoms with Gasteiger partial charge in [0.2, 0.25) is 0 Å². The van der Waals surface area contributed by atoms with Gasteiger partial charge in [-0.15, -0.1) is 11.3 Å². The van der Waals surface area contributed by atoms with Crippen molar-refractivity contribution in [3.8, 4) is 0 Å². The third kappa shape index (κ3) is 2.82. The Morgan fingerprint density at radius 2 is 2.26 bits per heavy atom. The highest BCUT2D eigenvalue weighted by Crippen LogP contribution is 2.30. The van der Waals surface area contributed by atoms with Crippen LogP contribution in [0.3, 0.4) is 0 Å². The van der Waals surface area contributed by atoms with Crippen LogP contribution in [0.15, 0.2) is 15.7 Å². The summed E-state index contributed by atoms with van der Waals surface area (Å²) in [5.41, 5.74) is 0.0358. The molecule has 1 aliphatic rings. The van der Waals surface area contributed by atoms with E-state index in [0.29, 0.717) is 6.54 Å². The number of sulfonamides is 1. The van der Waals surface area contributed by atoms with Crippen molar-refractivity contribution in [3.63, 3.8) is 0 Å². The lowest BCUT2D eigenvalue weighted by atomic mass is 10.0. The zero-order valence-corrected chi connectivity index (χ0v) is 12.3. The molecule has 106 valence electrons. The van der Waals surface area contributed by atoms with Crippen molar-refractivity contribution < 1.29 is 18.3 Å². The van der Waals surface area contributed by atoms with E-state index in [0.717, 1.165) is 37.0 Å². The third-order valence-corrected chi connectivity index (χ3v) is 6.80. The Morgan fingerprint density at radius 3 is 2.84 bits per heavy atom. The molecule has 2 rings (SSSR count). The Kier molecular flexibility index (Phi) is 4.27. The summed E-state index contributed by atoms with van der Waals surface area (Å²) in [4.78, 5) is 10.8. The monoisotopic (exact) mass is 303 g/mol. The molecule has 1 N–H and O–H groups in total. The van der Waals surface area contributed by atoms with Crippen LogP contribution in [-0.2, 0) is 10.0 Å². The van der Waals surface area contributed by atoms with Crippen LogP contribution in [0.2, 0.25) is 0 Å². The molecule has 1 aromatic rings.